The van der Waals surface area contributed by atoms with Crippen molar-refractivity contribution < 1.29 is 4.74 Å². The van der Waals surface area contributed by atoms with E-state index in [0.717, 1.165) is 23.5 Å². The standard InChI is InChI=1S/C13H16N4O/c1-4-14-13-16-9(2)7-11(17-13)10-5-6-15-12(8-10)18-3/h5-8H,4H2,1-3H3,(H,14,16,17). The van der Waals surface area contributed by atoms with Gasteiger partial charge < -0.3 is 10.1 Å². The van der Waals surface area contributed by atoms with Crippen LogP contribution in [0.5, 0.6) is 5.88 Å². The third kappa shape index (κ3) is 2.74. The van der Waals surface area contributed by atoms with Crippen LogP contribution in [0.4, 0.5) is 5.95 Å². The van der Waals surface area contributed by atoms with Gasteiger partial charge in [-0.2, -0.15) is 0 Å². The zero-order valence-corrected chi connectivity index (χ0v) is 10.8. The SMILES string of the molecule is CCNc1nc(C)cc(-c2ccnc(OC)c2)n1. The number of hydrogen-bond acceptors (Lipinski definition) is 5. The summed E-state index contributed by atoms with van der Waals surface area (Å²) in [4.78, 5) is 12.9. The number of methoxy groups -OCH3 is 1. The van der Waals surface area contributed by atoms with Crippen LogP contribution >= 0.6 is 0 Å². The van der Waals surface area contributed by atoms with E-state index in [9.17, 15) is 0 Å². The molecule has 5 nitrogen and oxygen atoms in total. The Bertz CT molecular complexity index is 542. The Kier molecular flexibility index (Phi) is 3.72. The van der Waals surface area contributed by atoms with Crippen molar-refractivity contribution >= 4 is 5.95 Å². The fourth-order valence-electron chi connectivity index (χ4n) is 1.63. The average molecular weight is 244 g/mol. The van der Waals surface area contributed by atoms with Gasteiger partial charge in [0.15, 0.2) is 0 Å². The van der Waals surface area contributed by atoms with E-state index in [2.05, 4.69) is 20.3 Å². The Balaban J connectivity index is 2.42. The normalized spacial score (nSPS) is 10.2. The summed E-state index contributed by atoms with van der Waals surface area (Å²) in [6, 6.07) is 5.70. The van der Waals surface area contributed by atoms with E-state index >= 15 is 0 Å². The highest BCUT2D eigenvalue weighted by molar-refractivity contribution is 5.61. The van der Waals surface area contributed by atoms with E-state index in [0.29, 0.717) is 11.8 Å². The Morgan fingerprint density at radius 2 is 2.11 bits per heavy atom. The van der Waals surface area contributed by atoms with E-state index in [4.69, 9.17) is 4.74 Å². The van der Waals surface area contributed by atoms with Crippen LogP contribution in [0.3, 0.4) is 0 Å². The van der Waals surface area contributed by atoms with Crippen LogP contribution in [0.25, 0.3) is 11.3 Å². The monoisotopic (exact) mass is 244 g/mol. The quantitative estimate of drug-likeness (QED) is 0.894. The minimum atomic E-state index is 0.578. The highest BCUT2D eigenvalue weighted by Crippen LogP contribution is 2.21. The summed E-state index contributed by atoms with van der Waals surface area (Å²) in [6.45, 7) is 4.76. The maximum absolute atomic E-state index is 5.11. The molecule has 2 rings (SSSR count). The second-order valence-corrected chi connectivity index (χ2v) is 3.84. The summed E-state index contributed by atoms with van der Waals surface area (Å²) in [5.74, 6) is 1.22. The molecule has 0 saturated carbocycles. The molecule has 0 aromatic carbocycles. The Morgan fingerprint density at radius 1 is 1.28 bits per heavy atom. The largest absolute Gasteiger partial charge is 0.481 e. The van der Waals surface area contributed by atoms with E-state index in [1.807, 2.05) is 32.0 Å². The molecule has 0 bridgehead atoms. The fraction of sp³-hybridized carbons (Fsp3) is 0.308. The minimum Gasteiger partial charge on any atom is -0.481 e. The van der Waals surface area contributed by atoms with Crippen molar-refractivity contribution in [2.75, 3.05) is 19.0 Å². The lowest BCUT2D eigenvalue weighted by Crippen LogP contribution is -2.04. The lowest BCUT2D eigenvalue weighted by Gasteiger charge is -2.07. The minimum absolute atomic E-state index is 0.578. The number of aryl methyl sites for hydroxylation is 1. The smallest absolute Gasteiger partial charge is 0.223 e. The molecule has 0 aliphatic rings. The van der Waals surface area contributed by atoms with Crippen LogP contribution in [-0.4, -0.2) is 28.6 Å². The van der Waals surface area contributed by atoms with Crippen LogP contribution < -0.4 is 10.1 Å². The van der Waals surface area contributed by atoms with Crippen molar-refractivity contribution in [3.8, 4) is 17.1 Å². The molecule has 0 unspecified atom stereocenters. The predicted octanol–water partition coefficient (Wildman–Crippen LogP) is 2.29. The Morgan fingerprint density at radius 3 is 2.83 bits per heavy atom. The first-order chi connectivity index (χ1) is 8.72. The molecular formula is C13H16N4O. The number of ether oxygens (including phenoxy) is 1. The van der Waals surface area contributed by atoms with Gasteiger partial charge in [0, 0.05) is 30.1 Å². The van der Waals surface area contributed by atoms with Crippen molar-refractivity contribution in [1.82, 2.24) is 15.0 Å². The van der Waals surface area contributed by atoms with Crippen LogP contribution in [0.1, 0.15) is 12.6 Å². The average Bonchev–Trinajstić information content (AvgIpc) is 2.38. The van der Waals surface area contributed by atoms with Gasteiger partial charge in [0.25, 0.3) is 0 Å². The number of anilines is 1. The third-order valence-electron chi connectivity index (χ3n) is 2.43. The molecule has 0 aliphatic heterocycles. The summed E-state index contributed by atoms with van der Waals surface area (Å²) in [5.41, 5.74) is 2.75. The van der Waals surface area contributed by atoms with Crippen molar-refractivity contribution in [2.45, 2.75) is 13.8 Å². The topological polar surface area (TPSA) is 59.9 Å². The molecule has 0 spiro atoms. The number of aromatic nitrogens is 3. The van der Waals surface area contributed by atoms with E-state index in [1.54, 1.807) is 13.3 Å². The highest BCUT2D eigenvalue weighted by atomic mass is 16.5. The maximum Gasteiger partial charge on any atom is 0.223 e. The zero-order valence-electron chi connectivity index (χ0n) is 10.8. The van der Waals surface area contributed by atoms with Gasteiger partial charge in [-0.25, -0.2) is 15.0 Å². The van der Waals surface area contributed by atoms with E-state index < -0.39 is 0 Å². The first kappa shape index (κ1) is 12.3. The van der Waals surface area contributed by atoms with Crippen LogP contribution in [0, 0.1) is 6.92 Å². The lowest BCUT2D eigenvalue weighted by atomic mass is 10.2. The summed E-state index contributed by atoms with van der Waals surface area (Å²) in [7, 11) is 1.60. The molecule has 5 heteroatoms. The molecule has 0 amide bonds. The van der Waals surface area contributed by atoms with Gasteiger partial charge in [-0.1, -0.05) is 0 Å². The zero-order chi connectivity index (χ0) is 13.0. The van der Waals surface area contributed by atoms with Crippen molar-refractivity contribution in [2.24, 2.45) is 0 Å². The van der Waals surface area contributed by atoms with Gasteiger partial charge in [-0.3, -0.25) is 0 Å². The molecule has 0 fully saturated rings. The van der Waals surface area contributed by atoms with Gasteiger partial charge in [0.05, 0.1) is 12.8 Å². The summed E-state index contributed by atoms with van der Waals surface area (Å²) in [6.07, 6.45) is 1.71. The molecule has 18 heavy (non-hydrogen) atoms. The Hall–Kier alpha value is -2.17. The van der Waals surface area contributed by atoms with Crippen molar-refractivity contribution in [1.29, 1.82) is 0 Å². The molecule has 2 aromatic rings. The molecule has 94 valence electrons. The second-order valence-electron chi connectivity index (χ2n) is 3.84. The predicted molar refractivity (Wildman–Crippen MR) is 70.7 cm³/mol. The summed E-state index contributed by atoms with van der Waals surface area (Å²) < 4.78 is 5.11. The third-order valence-corrected chi connectivity index (χ3v) is 2.43. The highest BCUT2D eigenvalue weighted by Gasteiger charge is 2.05. The molecule has 1 N–H and O–H groups in total. The van der Waals surface area contributed by atoms with Gasteiger partial charge in [-0.05, 0) is 26.0 Å². The van der Waals surface area contributed by atoms with Gasteiger partial charge in [0.2, 0.25) is 11.8 Å². The van der Waals surface area contributed by atoms with Crippen molar-refractivity contribution in [3.63, 3.8) is 0 Å². The first-order valence-corrected chi connectivity index (χ1v) is 5.83. The molecule has 2 aromatic heterocycles. The summed E-state index contributed by atoms with van der Waals surface area (Å²) in [5, 5.41) is 3.12. The van der Waals surface area contributed by atoms with Crippen molar-refractivity contribution in [3.05, 3.63) is 30.1 Å². The molecule has 0 aliphatic carbocycles. The second kappa shape index (κ2) is 5.44. The van der Waals surface area contributed by atoms with E-state index in [1.165, 1.54) is 0 Å². The number of nitrogens with one attached hydrogen (secondary N) is 1. The number of rotatable bonds is 4. The van der Waals surface area contributed by atoms with Crippen LogP contribution in [-0.2, 0) is 0 Å². The molecule has 2 heterocycles. The summed E-state index contributed by atoms with van der Waals surface area (Å²) >= 11 is 0. The Labute approximate surface area is 106 Å². The fourth-order valence-corrected chi connectivity index (χ4v) is 1.63. The first-order valence-electron chi connectivity index (χ1n) is 5.83. The van der Waals surface area contributed by atoms with Gasteiger partial charge in [0.1, 0.15) is 0 Å². The lowest BCUT2D eigenvalue weighted by molar-refractivity contribution is 0.398. The number of nitrogens with zero attached hydrogens (tertiary/aromatic N) is 3. The van der Waals surface area contributed by atoms with Gasteiger partial charge >= 0.3 is 0 Å². The van der Waals surface area contributed by atoms with Crippen LogP contribution in [0.2, 0.25) is 0 Å². The van der Waals surface area contributed by atoms with Crippen LogP contribution in [0.15, 0.2) is 24.4 Å². The molecule has 0 radical (unpaired) electrons. The number of pyridine rings is 1. The van der Waals surface area contributed by atoms with Gasteiger partial charge in [-0.15, -0.1) is 0 Å². The van der Waals surface area contributed by atoms with E-state index in [-0.39, 0.29) is 0 Å². The number of hydrogen-bond donors (Lipinski definition) is 1. The molecule has 0 saturated heterocycles. The maximum atomic E-state index is 5.11. The molecular weight excluding hydrogens is 228 g/mol. The molecule has 0 atom stereocenters.